The number of para-hydroxylation sites is 1. The van der Waals surface area contributed by atoms with Crippen LogP contribution in [0.2, 0.25) is 0 Å². The van der Waals surface area contributed by atoms with E-state index in [-0.39, 0.29) is 28.7 Å². The number of hydrogen-bond acceptors (Lipinski definition) is 7. The molecule has 0 bridgehead atoms. The summed E-state index contributed by atoms with van der Waals surface area (Å²) < 4.78 is 74.0. The minimum atomic E-state index is -4.91. The van der Waals surface area contributed by atoms with Gasteiger partial charge in [0.25, 0.3) is 0 Å². The molecule has 7 nitrogen and oxygen atoms in total. The van der Waals surface area contributed by atoms with Gasteiger partial charge in [-0.15, -0.1) is 11.8 Å². The van der Waals surface area contributed by atoms with Crippen LogP contribution < -0.4 is 19.7 Å². The van der Waals surface area contributed by atoms with Crippen molar-refractivity contribution < 1.29 is 31.1 Å². The monoisotopic (exact) mass is 447 g/mol. The number of methoxy groups -OCH3 is 2. The van der Waals surface area contributed by atoms with E-state index in [0.717, 1.165) is 0 Å². The molecule has 0 aliphatic heterocycles. The number of alkyl halides is 3. The lowest BCUT2D eigenvalue weighted by Crippen LogP contribution is -2.30. The van der Waals surface area contributed by atoms with E-state index in [0.29, 0.717) is 5.56 Å². The van der Waals surface area contributed by atoms with Gasteiger partial charge >= 0.3 is 6.18 Å². The molecule has 1 atom stereocenters. The highest BCUT2D eigenvalue weighted by atomic mass is 32.2. The Balaban J connectivity index is 2.55. The van der Waals surface area contributed by atoms with Gasteiger partial charge in [0.2, 0.25) is 21.8 Å². The molecule has 2 aromatic rings. The normalized spacial score (nSPS) is 13.0. The first-order valence-corrected chi connectivity index (χ1v) is 10.9. The Hall–Kier alpha value is -2.15. The molecule has 1 aromatic carbocycles. The van der Waals surface area contributed by atoms with Gasteiger partial charge in [0.15, 0.2) is 11.6 Å². The minimum Gasteiger partial charge on any atom is -0.481 e. The fourth-order valence-electron chi connectivity index (χ4n) is 2.45. The third-order valence-corrected chi connectivity index (χ3v) is 5.77. The van der Waals surface area contributed by atoms with Gasteiger partial charge in [-0.1, -0.05) is 23.7 Å². The van der Waals surface area contributed by atoms with Gasteiger partial charge in [-0.2, -0.15) is 23.1 Å². The van der Waals surface area contributed by atoms with Crippen LogP contribution in [-0.4, -0.2) is 58.6 Å². The third-order valence-electron chi connectivity index (χ3n) is 3.61. The Bertz CT molecular complexity index is 952. The van der Waals surface area contributed by atoms with Crippen molar-refractivity contribution in [1.29, 1.82) is 0 Å². The zero-order valence-electron chi connectivity index (χ0n) is 15.6. The number of ether oxygens (including phenoxy) is 2. The van der Waals surface area contributed by atoms with E-state index in [1.165, 1.54) is 44.2 Å². The standard InChI is InChI=1S/C16H17BF3N3O4S2/c1-26-11-7-12(27-2)22-15(21-11)14(28-3)9-5-4-6-10(17)13(9)23-29(24,25)8-16(18,19)20/h4-7,14,23H,8H2,1-3H3. The number of rotatable bonds is 8. The van der Waals surface area contributed by atoms with E-state index in [9.17, 15) is 21.6 Å². The van der Waals surface area contributed by atoms with Crippen molar-refractivity contribution >= 4 is 40.8 Å². The first-order valence-electron chi connectivity index (χ1n) is 7.95. The summed E-state index contributed by atoms with van der Waals surface area (Å²) in [5.74, 6) is -1.43. The third kappa shape index (κ3) is 6.16. The molecule has 0 aliphatic rings. The topological polar surface area (TPSA) is 90.4 Å². The van der Waals surface area contributed by atoms with E-state index in [2.05, 4.69) is 9.97 Å². The maximum Gasteiger partial charge on any atom is 0.404 e. The van der Waals surface area contributed by atoms with Crippen molar-refractivity contribution in [2.45, 2.75) is 11.4 Å². The molecule has 156 valence electrons. The van der Waals surface area contributed by atoms with Crippen LogP contribution in [0.25, 0.3) is 0 Å². The van der Waals surface area contributed by atoms with Gasteiger partial charge < -0.3 is 9.47 Å². The molecule has 2 radical (unpaired) electrons. The number of hydrogen-bond donors (Lipinski definition) is 1. The number of thioether (sulfide) groups is 1. The molecule has 13 heteroatoms. The Labute approximate surface area is 171 Å². The van der Waals surface area contributed by atoms with E-state index < -0.39 is 27.2 Å². The van der Waals surface area contributed by atoms with E-state index >= 15 is 0 Å². The molecule has 29 heavy (non-hydrogen) atoms. The number of halogens is 3. The van der Waals surface area contributed by atoms with Crippen LogP contribution >= 0.6 is 11.8 Å². The predicted molar refractivity (Wildman–Crippen MR) is 106 cm³/mol. The lowest BCUT2D eigenvalue weighted by molar-refractivity contribution is -0.106. The van der Waals surface area contributed by atoms with Crippen LogP contribution in [0.4, 0.5) is 18.9 Å². The lowest BCUT2D eigenvalue weighted by atomic mass is 9.91. The zero-order chi connectivity index (χ0) is 21.8. The fraction of sp³-hybridized carbons (Fsp3) is 0.375. The summed E-state index contributed by atoms with van der Waals surface area (Å²) in [6, 6.07) is 5.90. The number of aromatic nitrogens is 2. The van der Waals surface area contributed by atoms with Crippen molar-refractivity contribution in [2.24, 2.45) is 0 Å². The minimum absolute atomic E-state index is 0.0397. The van der Waals surface area contributed by atoms with Gasteiger partial charge in [-0.25, -0.2) is 8.42 Å². The van der Waals surface area contributed by atoms with Gasteiger partial charge in [0.05, 0.1) is 25.5 Å². The average Bonchev–Trinajstić information content (AvgIpc) is 2.62. The summed E-state index contributed by atoms with van der Waals surface area (Å²) in [5.41, 5.74) is 0.0854. The number of sulfonamides is 1. The smallest absolute Gasteiger partial charge is 0.404 e. The van der Waals surface area contributed by atoms with Crippen molar-refractivity contribution in [1.82, 2.24) is 9.97 Å². The number of nitrogens with one attached hydrogen (secondary N) is 1. The molecule has 1 unspecified atom stereocenters. The highest BCUT2D eigenvalue weighted by Gasteiger charge is 2.36. The summed E-state index contributed by atoms with van der Waals surface area (Å²) in [6.45, 7) is 0. The molecular weight excluding hydrogens is 430 g/mol. The second-order valence-electron chi connectivity index (χ2n) is 5.71. The zero-order valence-corrected chi connectivity index (χ0v) is 17.3. The van der Waals surface area contributed by atoms with Crippen molar-refractivity contribution in [3.05, 3.63) is 35.7 Å². The Morgan fingerprint density at radius 2 is 1.79 bits per heavy atom. The van der Waals surface area contributed by atoms with E-state index in [1.54, 1.807) is 12.3 Å². The Morgan fingerprint density at radius 1 is 1.21 bits per heavy atom. The van der Waals surface area contributed by atoms with Crippen LogP contribution in [0, 0.1) is 0 Å². The molecule has 2 rings (SSSR count). The maximum absolute atomic E-state index is 12.6. The molecule has 1 heterocycles. The molecule has 0 fully saturated rings. The average molecular weight is 447 g/mol. The van der Waals surface area contributed by atoms with Crippen LogP contribution in [0.15, 0.2) is 24.3 Å². The van der Waals surface area contributed by atoms with Gasteiger partial charge in [-0.3, -0.25) is 4.72 Å². The number of benzene rings is 1. The molecule has 1 N–H and O–H groups in total. The van der Waals surface area contributed by atoms with Gasteiger partial charge in [-0.05, 0) is 11.8 Å². The van der Waals surface area contributed by atoms with Gasteiger partial charge in [0, 0.05) is 5.69 Å². The molecule has 0 spiro atoms. The van der Waals surface area contributed by atoms with E-state index in [1.807, 2.05) is 4.72 Å². The summed E-state index contributed by atoms with van der Waals surface area (Å²) in [5, 5.41) is -0.675. The maximum atomic E-state index is 12.6. The summed E-state index contributed by atoms with van der Waals surface area (Å²) in [7, 11) is 3.93. The molecule has 1 aromatic heterocycles. The van der Waals surface area contributed by atoms with Crippen molar-refractivity contribution in [2.75, 3.05) is 31.0 Å². The largest absolute Gasteiger partial charge is 0.481 e. The fourth-order valence-corrected chi connectivity index (χ4v) is 4.27. The highest BCUT2D eigenvalue weighted by molar-refractivity contribution is 7.99. The summed E-state index contributed by atoms with van der Waals surface area (Å²) in [6.07, 6.45) is -3.20. The van der Waals surface area contributed by atoms with Gasteiger partial charge in [0.1, 0.15) is 7.85 Å². The Morgan fingerprint density at radius 3 is 2.28 bits per heavy atom. The van der Waals surface area contributed by atoms with Crippen LogP contribution in [0.3, 0.4) is 0 Å². The molecule has 0 amide bonds. The first-order chi connectivity index (χ1) is 13.5. The van der Waals surface area contributed by atoms with E-state index in [4.69, 9.17) is 17.3 Å². The second-order valence-corrected chi connectivity index (χ2v) is 8.38. The molecule has 0 aliphatic carbocycles. The molecule has 0 saturated heterocycles. The molecular formula is C16H17BF3N3O4S2. The van der Waals surface area contributed by atoms with Crippen molar-refractivity contribution in [3.63, 3.8) is 0 Å². The molecule has 0 saturated carbocycles. The SMILES string of the molecule is [B]c1cccc(C(SC)c2nc(OC)cc(OC)n2)c1NS(=O)(=O)CC(F)(F)F. The van der Waals surface area contributed by atoms with Crippen LogP contribution in [0.1, 0.15) is 16.6 Å². The summed E-state index contributed by atoms with van der Waals surface area (Å²) >= 11 is 1.23. The second kappa shape index (κ2) is 9.12. The quantitative estimate of drug-likeness (QED) is 0.620. The van der Waals surface area contributed by atoms with Crippen LogP contribution in [-0.2, 0) is 10.0 Å². The highest BCUT2D eigenvalue weighted by Crippen LogP contribution is 2.37. The number of nitrogens with zero attached hydrogens (tertiary/aromatic N) is 2. The lowest BCUT2D eigenvalue weighted by Gasteiger charge is -2.21. The first kappa shape index (κ1) is 23.1. The Kier molecular flexibility index (Phi) is 7.27. The van der Waals surface area contributed by atoms with Crippen molar-refractivity contribution in [3.8, 4) is 11.8 Å². The number of anilines is 1. The van der Waals surface area contributed by atoms with Crippen LogP contribution in [0.5, 0.6) is 11.8 Å². The summed E-state index contributed by atoms with van der Waals surface area (Å²) in [4.78, 5) is 8.48. The predicted octanol–water partition coefficient (Wildman–Crippen LogP) is 2.04.